The fraction of sp³-hybridized carbons (Fsp3) is 0.500. The van der Waals surface area contributed by atoms with Crippen molar-refractivity contribution in [2.75, 3.05) is 27.2 Å². The highest BCUT2D eigenvalue weighted by Crippen LogP contribution is 2.35. The molecule has 1 saturated heterocycles. The first kappa shape index (κ1) is 13.2. The molecule has 2 rings (SSSR count). The summed E-state index contributed by atoms with van der Waals surface area (Å²) in [4.78, 5) is 1.17. The van der Waals surface area contributed by atoms with Crippen LogP contribution >= 0.6 is 27.9 Å². The zero-order chi connectivity index (χ0) is 12.3. The van der Waals surface area contributed by atoms with Gasteiger partial charge in [-0.25, -0.2) is 4.31 Å². The largest absolute Gasteiger partial charge is 0.495 e. The van der Waals surface area contributed by atoms with Gasteiger partial charge in [-0.05, 0) is 43.6 Å². The zero-order valence-electron chi connectivity index (χ0n) is 10.1. The van der Waals surface area contributed by atoms with E-state index >= 15 is 0 Å². The molecule has 0 spiro atoms. The smallest absolute Gasteiger partial charge is 0.134 e. The summed E-state index contributed by atoms with van der Waals surface area (Å²) in [5.41, 5.74) is 0. The summed E-state index contributed by atoms with van der Waals surface area (Å²) in [6.07, 6.45) is 1.21. The highest BCUT2D eigenvalue weighted by Gasteiger charge is 2.22. The Balaban J connectivity index is 2.03. The molecule has 0 bridgehead atoms. The number of hydrogen-bond donors (Lipinski definition) is 1. The van der Waals surface area contributed by atoms with Crippen LogP contribution in [-0.2, 0) is 0 Å². The Morgan fingerprint density at radius 1 is 1.53 bits per heavy atom. The molecule has 1 heterocycles. The second-order valence-corrected chi connectivity index (χ2v) is 6.10. The first-order chi connectivity index (χ1) is 8.22. The molecule has 1 fully saturated rings. The van der Waals surface area contributed by atoms with Crippen LogP contribution in [0, 0.1) is 0 Å². The van der Waals surface area contributed by atoms with Gasteiger partial charge in [-0.15, -0.1) is 0 Å². The number of nitrogens with one attached hydrogen (secondary N) is 1. The van der Waals surface area contributed by atoms with Gasteiger partial charge in [0.25, 0.3) is 0 Å². The van der Waals surface area contributed by atoms with Crippen LogP contribution in [0.1, 0.15) is 6.42 Å². The third-order valence-corrected chi connectivity index (χ3v) is 4.53. The minimum Gasteiger partial charge on any atom is -0.495 e. The van der Waals surface area contributed by atoms with Crippen molar-refractivity contribution in [3.63, 3.8) is 0 Å². The molecule has 0 aromatic heterocycles. The average Bonchev–Trinajstić information content (AvgIpc) is 2.79. The molecule has 0 amide bonds. The number of hydrogen-bond acceptors (Lipinski definition) is 4. The van der Waals surface area contributed by atoms with Gasteiger partial charge in [-0.2, -0.15) is 0 Å². The maximum Gasteiger partial charge on any atom is 0.134 e. The van der Waals surface area contributed by atoms with E-state index in [2.05, 4.69) is 37.7 Å². The predicted octanol–water partition coefficient (Wildman–Crippen LogP) is 2.76. The maximum absolute atomic E-state index is 5.40. The Kier molecular flexibility index (Phi) is 4.73. The van der Waals surface area contributed by atoms with E-state index in [1.165, 1.54) is 11.3 Å². The van der Waals surface area contributed by atoms with Crippen molar-refractivity contribution in [3.05, 3.63) is 22.7 Å². The molecule has 3 nitrogen and oxygen atoms in total. The normalized spacial score (nSPS) is 20.8. The van der Waals surface area contributed by atoms with Crippen molar-refractivity contribution in [1.82, 2.24) is 9.62 Å². The fourth-order valence-corrected chi connectivity index (χ4v) is 3.33. The van der Waals surface area contributed by atoms with E-state index in [0.29, 0.717) is 6.04 Å². The Labute approximate surface area is 115 Å². The first-order valence-corrected chi connectivity index (χ1v) is 7.23. The molecule has 5 heteroatoms. The van der Waals surface area contributed by atoms with Crippen LogP contribution < -0.4 is 10.1 Å². The van der Waals surface area contributed by atoms with Gasteiger partial charge in [0.15, 0.2) is 0 Å². The van der Waals surface area contributed by atoms with Crippen molar-refractivity contribution in [2.24, 2.45) is 0 Å². The number of ether oxygens (including phenoxy) is 1. The van der Waals surface area contributed by atoms with Crippen LogP contribution in [-0.4, -0.2) is 37.6 Å². The molecule has 17 heavy (non-hydrogen) atoms. The number of methoxy groups -OCH3 is 1. The van der Waals surface area contributed by atoms with Crippen molar-refractivity contribution >= 4 is 27.9 Å². The van der Waals surface area contributed by atoms with Gasteiger partial charge < -0.3 is 10.1 Å². The molecule has 1 N–H and O–H groups in total. The standard InChI is InChI=1S/C12H17BrN2OS/c1-14-10-5-6-15(8-10)17-12-4-3-9(13)7-11(12)16-2/h3-4,7,10,14H,5-6,8H2,1-2H3. The summed E-state index contributed by atoms with van der Waals surface area (Å²) in [7, 11) is 3.74. The van der Waals surface area contributed by atoms with E-state index in [9.17, 15) is 0 Å². The fourth-order valence-electron chi connectivity index (χ4n) is 1.90. The van der Waals surface area contributed by atoms with Gasteiger partial charge >= 0.3 is 0 Å². The number of nitrogens with zero attached hydrogens (tertiary/aromatic N) is 1. The van der Waals surface area contributed by atoms with Gasteiger partial charge in [0, 0.05) is 23.6 Å². The number of rotatable bonds is 4. The summed E-state index contributed by atoms with van der Waals surface area (Å²) in [5.74, 6) is 0.928. The van der Waals surface area contributed by atoms with Crippen LogP contribution in [0.3, 0.4) is 0 Å². The lowest BCUT2D eigenvalue weighted by atomic mass is 10.3. The SMILES string of the molecule is CNC1CCN(Sc2ccc(Br)cc2OC)C1. The number of likely N-dealkylation sites (N-methyl/N-ethyl adjacent to an activating group) is 1. The molecule has 1 aliphatic rings. The highest BCUT2D eigenvalue weighted by molar-refractivity contribution is 9.10. The number of halogens is 1. The van der Waals surface area contributed by atoms with E-state index in [1.807, 2.05) is 13.1 Å². The molecule has 1 aliphatic heterocycles. The van der Waals surface area contributed by atoms with E-state index < -0.39 is 0 Å². The third kappa shape index (κ3) is 3.37. The van der Waals surface area contributed by atoms with E-state index in [4.69, 9.17) is 4.74 Å². The lowest BCUT2D eigenvalue weighted by molar-refractivity contribution is 0.403. The Morgan fingerprint density at radius 3 is 3.00 bits per heavy atom. The Morgan fingerprint density at radius 2 is 2.35 bits per heavy atom. The third-order valence-electron chi connectivity index (χ3n) is 2.91. The van der Waals surface area contributed by atoms with Crippen LogP contribution in [0.4, 0.5) is 0 Å². The number of benzene rings is 1. The monoisotopic (exact) mass is 316 g/mol. The lowest BCUT2D eigenvalue weighted by Crippen LogP contribution is -2.27. The van der Waals surface area contributed by atoms with Crippen LogP contribution in [0.25, 0.3) is 0 Å². The Bertz CT molecular complexity index is 389. The molecular formula is C12H17BrN2OS. The van der Waals surface area contributed by atoms with Crippen molar-refractivity contribution in [3.8, 4) is 5.75 Å². The Hall–Kier alpha value is -0.230. The summed E-state index contributed by atoms with van der Waals surface area (Å²) in [6.45, 7) is 2.20. The summed E-state index contributed by atoms with van der Waals surface area (Å²) < 4.78 is 8.83. The lowest BCUT2D eigenvalue weighted by Gasteiger charge is -2.16. The van der Waals surface area contributed by atoms with E-state index in [-0.39, 0.29) is 0 Å². The molecule has 1 aromatic carbocycles. The molecule has 0 aliphatic carbocycles. The van der Waals surface area contributed by atoms with E-state index in [1.54, 1.807) is 19.1 Å². The quantitative estimate of drug-likeness (QED) is 0.863. The van der Waals surface area contributed by atoms with Crippen LogP contribution in [0.2, 0.25) is 0 Å². The van der Waals surface area contributed by atoms with Crippen LogP contribution in [0.15, 0.2) is 27.6 Å². The average molecular weight is 317 g/mol. The topological polar surface area (TPSA) is 24.5 Å². The zero-order valence-corrected chi connectivity index (χ0v) is 12.5. The first-order valence-electron chi connectivity index (χ1n) is 5.66. The van der Waals surface area contributed by atoms with Gasteiger partial charge in [0.1, 0.15) is 5.75 Å². The second kappa shape index (κ2) is 6.09. The summed E-state index contributed by atoms with van der Waals surface area (Å²) >= 11 is 5.24. The molecule has 0 saturated carbocycles. The van der Waals surface area contributed by atoms with Crippen molar-refractivity contribution in [2.45, 2.75) is 17.4 Å². The molecule has 0 radical (unpaired) electrons. The molecule has 1 atom stereocenters. The molecule has 94 valence electrons. The molecule has 1 aromatic rings. The summed E-state index contributed by atoms with van der Waals surface area (Å²) in [5, 5.41) is 3.32. The highest BCUT2D eigenvalue weighted by atomic mass is 79.9. The maximum atomic E-state index is 5.40. The summed E-state index contributed by atoms with van der Waals surface area (Å²) in [6, 6.07) is 6.77. The molecule has 1 unspecified atom stereocenters. The van der Waals surface area contributed by atoms with Gasteiger partial charge in [-0.1, -0.05) is 15.9 Å². The van der Waals surface area contributed by atoms with Gasteiger partial charge in [0.05, 0.1) is 12.0 Å². The van der Waals surface area contributed by atoms with Gasteiger partial charge in [0.2, 0.25) is 0 Å². The van der Waals surface area contributed by atoms with Crippen molar-refractivity contribution < 1.29 is 4.74 Å². The van der Waals surface area contributed by atoms with Crippen molar-refractivity contribution in [1.29, 1.82) is 0 Å². The predicted molar refractivity (Wildman–Crippen MR) is 75.6 cm³/mol. The van der Waals surface area contributed by atoms with Crippen LogP contribution in [0.5, 0.6) is 5.75 Å². The minimum absolute atomic E-state index is 0.615. The van der Waals surface area contributed by atoms with E-state index in [0.717, 1.165) is 23.3 Å². The second-order valence-electron chi connectivity index (χ2n) is 4.05. The minimum atomic E-state index is 0.615. The van der Waals surface area contributed by atoms with Gasteiger partial charge in [-0.3, -0.25) is 0 Å². The molecular weight excluding hydrogens is 300 g/mol.